The number of alkyl halides is 3. The van der Waals surface area contributed by atoms with Gasteiger partial charge in [-0.1, -0.05) is 0 Å². The molecule has 0 aliphatic carbocycles. The van der Waals surface area contributed by atoms with Crippen molar-refractivity contribution in [3.63, 3.8) is 0 Å². The number of ether oxygens (including phenoxy) is 2. The Balaban J connectivity index is 2.07. The normalized spacial score (nSPS) is 33.8. The van der Waals surface area contributed by atoms with E-state index in [0.29, 0.717) is 0 Å². The van der Waals surface area contributed by atoms with Gasteiger partial charge in [0, 0.05) is 0 Å². The summed E-state index contributed by atoms with van der Waals surface area (Å²) in [5.41, 5.74) is -5.43. The fourth-order valence-corrected chi connectivity index (χ4v) is 2.05. The third kappa shape index (κ3) is 1.89. The van der Waals surface area contributed by atoms with Crippen molar-refractivity contribution in [2.75, 3.05) is 6.61 Å². The minimum atomic E-state index is -5.61. The van der Waals surface area contributed by atoms with Gasteiger partial charge in [0.25, 0.3) is 0 Å². The van der Waals surface area contributed by atoms with Gasteiger partial charge in [0.2, 0.25) is 0 Å². The van der Waals surface area contributed by atoms with Crippen molar-refractivity contribution < 1.29 is 35.2 Å². The van der Waals surface area contributed by atoms with E-state index in [1.807, 2.05) is 0 Å². The molecule has 0 bridgehead atoms. The summed E-state index contributed by atoms with van der Waals surface area (Å²) in [6, 6.07) is 0. The van der Waals surface area contributed by atoms with Gasteiger partial charge in [0.1, 0.15) is 12.2 Å². The van der Waals surface area contributed by atoms with Crippen molar-refractivity contribution in [1.82, 2.24) is 0 Å². The average molecular weight is 260 g/mol. The van der Waals surface area contributed by atoms with Gasteiger partial charge in [0.15, 0.2) is 6.10 Å². The lowest BCUT2D eigenvalue weighted by atomic mass is 10.2. The molecule has 16 heavy (non-hydrogen) atoms. The molecule has 0 aromatic heterocycles. The Morgan fingerprint density at radius 3 is 2.69 bits per heavy atom. The minimum absolute atomic E-state index is 0.255. The first-order valence-electron chi connectivity index (χ1n) is 4.24. The third-order valence-corrected chi connectivity index (χ3v) is 3.25. The smallest absolute Gasteiger partial charge is 0.492 e. The molecule has 0 N–H and O–H groups in total. The molecule has 2 aliphatic rings. The molecule has 0 saturated carbocycles. The topological polar surface area (TPSA) is 61.8 Å². The van der Waals surface area contributed by atoms with Crippen molar-refractivity contribution >= 4 is 10.1 Å². The molecule has 5 nitrogen and oxygen atoms in total. The molecular formula is C7H7F3O5S. The van der Waals surface area contributed by atoms with E-state index in [0.717, 1.165) is 0 Å². The Morgan fingerprint density at radius 1 is 1.38 bits per heavy atom. The minimum Gasteiger partial charge on any atom is -0.492 e. The van der Waals surface area contributed by atoms with E-state index in [1.165, 1.54) is 12.3 Å². The summed E-state index contributed by atoms with van der Waals surface area (Å²) in [5.74, 6) is 0. The molecule has 0 radical (unpaired) electrons. The molecule has 2 rings (SSSR count). The lowest BCUT2D eigenvalue weighted by Gasteiger charge is -2.17. The largest absolute Gasteiger partial charge is 0.523 e. The molecule has 0 unspecified atom stereocenters. The fraction of sp³-hybridized carbons (Fsp3) is 0.714. The van der Waals surface area contributed by atoms with Crippen molar-refractivity contribution in [2.45, 2.75) is 23.8 Å². The monoisotopic (exact) mass is 260 g/mol. The van der Waals surface area contributed by atoms with Crippen LogP contribution in [0.25, 0.3) is 0 Å². The van der Waals surface area contributed by atoms with Crippen LogP contribution in [0, 0.1) is 0 Å². The average Bonchev–Trinajstić information content (AvgIpc) is 2.67. The van der Waals surface area contributed by atoms with Crippen molar-refractivity contribution in [3.8, 4) is 0 Å². The van der Waals surface area contributed by atoms with Gasteiger partial charge >= 0.3 is 15.6 Å². The zero-order chi connectivity index (χ0) is 12.0. The number of halogens is 3. The van der Waals surface area contributed by atoms with Crippen LogP contribution in [0.4, 0.5) is 13.2 Å². The molecule has 92 valence electrons. The molecular weight excluding hydrogens is 253 g/mol. The lowest BCUT2D eigenvalue weighted by molar-refractivity contribution is -0.0608. The molecule has 0 aromatic carbocycles. The highest BCUT2D eigenvalue weighted by molar-refractivity contribution is 7.87. The first-order valence-corrected chi connectivity index (χ1v) is 5.65. The van der Waals surface area contributed by atoms with E-state index in [9.17, 15) is 21.6 Å². The van der Waals surface area contributed by atoms with Crippen LogP contribution in [-0.2, 0) is 23.8 Å². The van der Waals surface area contributed by atoms with Crippen LogP contribution in [0.5, 0.6) is 0 Å². The van der Waals surface area contributed by atoms with Gasteiger partial charge in [-0.15, -0.1) is 0 Å². The van der Waals surface area contributed by atoms with Gasteiger partial charge in [-0.25, -0.2) is 0 Å². The van der Waals surface area contributed by atoms with Gasteiger partial charge < -0.3 is 9.47 Å². The Bertz CT molecular complexity index is 401. The van der Waals surface area contributed by atoms with Crippen LogP contribution < -0.4 is 0 Å². The summed E-state index contributed by atoms with van der Waals surface area (Å²) in [6.07, 6.45) is 0.0661. The van der Waals surface area contributed by atoms with Crippen molar-refractivity contribution in [1.29, 1.82) is 0 Å². The van der Waals surface area contributed by atoms with Crippen LogP contribution >= 0.6 is 0 Å². The number of fused-ring (bicyclic) bond motifs is 1. The van der Waals surface area contributed by atoms with E-state index in [2.05, 4.69) is 4.18 Å². The summed E-state index contributed by atoms with van der Waals surface area (Å²) in [5, 5.41) is 0. The van der Waals surface area contributed by atoms with E-state index in [-0.39, 0.29) is 6.61 Å². The Kier molecular flexibility index (Phi) is 2.63. The van der Waals surface area contributed by atoms with Gasteiger partial charge in [-0.05, 0) is 6.08 Å². The Labute approximate surface area is 88.9 Å². The molecule has 1 fully saturated rings. The first-order chi connectivity index (χ1) is 7.31. The maximum Gasteiger partial charge on any atom is 0.523 e. The van der Waals surface area contributed by atoms with E-state index >= 15 is 0 Å². The summed E-state index contributed by atoms with van der Waals surface area (Å²) in [6.45, 7) is -0.255. The van der Waals surface area contributed by atoms with E-state index in [1.54, 1.807) is 0 Å². The Hall–Kier alpha value is -0.800. The van der Waals surface area contributed by atoms with E-state index < -0.39 is 33.9 Å². The predicted octanol–water partition coefficient (Wildman–Crippen LogP) is 0.532. The summed E-state index contributed by atoms with van der Waals surface area (Å²) in [7, 11) is -5.61. The summed E-state index contributed by atoms with van der Waals surface area (Å²) in [4.78, 5) is 0. The molecule has 9 heteroatoms. The molecule has 3 atom stereocenters. The third-order valence-electron chi connectivity index (χ3n) is 2.18. The van der Waals surface area contributed by atoms with Crippen LogP contribution in [0.1, 0.15) is 0 Å². The maximum atomic E-state index is 12.0. The van der Waals surface area contributed by atoms with Gasteiger partial charge in [0.05, 0.1) is 12.9 Å². The predicted molar refractivity (Wildman–Crippen MR) is 43.6 cm³/mol. The summed E-state index contributed by atoms with van der Waals surface area (Å²) >= 11 is 0. The van der Waals surface area contributed by atoms with Crippen LogP contribution in [0.2, 0.25) is 0 Å². The standard InChI is InChI=1S/C7H7F3O5S/c8-7(9,10)16(11,12)15-5-3-14-4-1-2-13-6(4)5/h1-2,4-6H,3H2/t4-,5+,6+/m1/s1. The highest BCUT2D eigenvalue weighted by Crippen LogP contribution is 2.31. The second-order valence-electron chi connectivity index (χ2n) is 3.26. The summed E-state index contributed by atoms with van der Waals surface area (Å²) < 4.78 is 71.4. The van der Waals surface area contributed by atoms with E-state index in [4.69, 9.17) is 9.47 Å². The second kappa shape index (κ2) is 3.60. The number of hydrogen-bond donors (Lipinski definition) is 0. The highest BCUT2D eigenvalue weighted by atomic mass is 32.2. The second-order valence-corrected chi connectivity index (χ2v) is 4.83. The quantitative estimate of drug-likeness (QED) is 0.535. The number of rotatable bonds is 2. The van der Waals surface area contributed by atoms with Gasteiger partial charge in [-0.2, -0.15) is 21.6 Å². The molecule has 0 aromatic rings. The van der Waals surface area contributed by atoms with Crippen molar-refractivity contribution in [3.05, 3.63) is 12.3 Å². The molecule has 2 heterocycles. The molecule has 0 amide bonds. The SMILES string of the molecule is O=S(=O)(O[C@H]1CO[C@@H]2C=CO[C@H]12)C(F)(F)F. The van der Waals surface area contributed by atoms with Gasteiger partial charge in [-0.3, -0.25) is 4.18 Å². The zero-order valence-corrected chi connectivity index (χ0v) is 8.49. The number of hydrogen-bond acceptors (Lipinski definition) is 5. The molecule has 2 aliphatic heterocycles. The fourth-order valence-electron chi connectivity index (χ4n) is 1.45. The molecule has 0 spiro atoms. The lowest BCUT2D eigenvalue weighted by Crippen LogP contribution is -2.36. The van der Waals surface area contributed by atoms with Crippen molar-refractivity contribution in [2.24, 2.45) is 0 Å². The van der Waals surface area contributed by atoms with Crippen LogP contribution in [0.15, 0.2) is 12.3 Å². The van der Waals surface area contributed by atoms with Crippen LogP contribution in [-0.4, -0.2) is 38.8 Å². The highest BCUT2D eigenvalue weighted by Gasteiger charge is 2.52. The van der Waals surface area contributed by atoms with Crippen LogP contribution in [0.3, 0.4) is 0 Å². The maximum absolute atomic E-state index is 12.0. The molecule has 1 saturated heterocycles. The Morgan fingerprint density at radius 2 is 2.06 bits per heavy atom. The zero-order valence-electron chi connectivity index (χ0n) is 7.68. The first kappa shape index (κ1) is 11.7.